The Hall–Kier alpha value is -1.54. The zero-order valence-corrected chi connectivity index (χ0v) is 19.6. The Morgan fingerprint density at radius 1 is 1.28 bits per heavy atom. The van der Waals surface area contributed by atoms with E-state index in [0.29, 0.717) is 6.54 Å². The summed E-state index contributed by atoms with van der Waals surface area (Å²) in [6.45, 7) is 0.647. The first-order chi connectivity index (χ1) is 13.9. The van der Waals surface area contributed by atoms with Crippen molar-refractivity contribution in [3.05, 3.63) is 73.3 Å². The number of rotatable bonds is 3. The van der Waals surface area contributed by atoms with Crippen molar-refractivity contribution in [2.45, 2.75) is 11.5 Å². The van der Waals surface area contributed by atoms with Crippen LogP contribution in [0, 0.1) is 11.8 Å². The van der Waals surface area contributed by atoms with Gasteiger partial charge in [-0.15, -0.1) is 11.3 Å². The molecule has 0 unspecified atom stereocenters. The smallest absolute Gasteiger partial charge is 0.250 e. The number of carbonyl (C=O) groups is 2. The second-order valence-electron chi connectivity index (χ2n) is 7.71. The Kier molecular flexibility index (Phi) is 4.70. The number of hydrogen-bond donors (Lipinski definition) is 1. The number of nitrogens with one attached hydrogen (secondary N) is 1. The van der Waals surface area contributed by atoms with Crippen molar-refractivity contribution in [2.75, 3.05) is 18.9 Å². The lowest BCUT2D eigenvalue weighted by molar-refractivity contribution is -0.136. The molecule has 1 amide bonds. The van der Waals surface area contributed by atoms with Gasteiger partial charge in [-0.2, -0.15) is 0 Å². The molecule has 2 aromatic rings. The molecule has 4 nitrogen and oxygen atoms in total. The number of ketones is 1. The van der Waals surface area contributed by atoms with Crippen LogP contribution in [0.25, 0.3) is 0 Å². The van der Waals surface area contributed by atoms with Crippen molar-refractivity contribution < 1.29 is 9.59 Å². The predicted octanol–water partition coefficient (Wildman–Crippen LogP) is 5.08. The van der Waals surface area contributed by atoms with E-state index in [4.69, 9.17) is 0 Å². The van der Waals surface area contributed by atoms with E-state index in [1.165, 1.54) is 0 Å². The van der Waals surface area contributed by atoms with Crippen molar-refractivity contribution in [1.29, 1.82) is 0 Å². The Bertz CT molecular complexity index is 1070. The van der Waals surface area contributed by atoms with Gasteiger partial charge in [-0.25, -0.2) is 0 Å². The fourth-order valence-electron chi connectivity index (χ4n) is 5.08. The van der Waals surface area contributed by atoms with E-state index < -0.39 is 11.5 Å². The summed E-state index contributed by atoms with van der Waals surface area (Å²) in [7, 11) is 1.96. The van der Waals surface area contributed by atoms with E-state index in [1.807, 2.05) is 54.9 Å². The molecule has 1 aromatic heterocycles. The highest BCUT2D eigenvalue weighted by Crippen LogP contribution is 2.57. The van der Waals surface area contributed by atoms with Gasteiger partial charge >= 0.3 is 0 Å². The molecule has 1 fully saturated rings. The van der Waals surface area contributed by atoms with Crippen LogP contribution < -0.4 is 5.32 Å². The Morgan fingerprint density at radius 2 is 2.03 bits per heavy atom. The maximum Gasteiger partial charge on any atom is 0.250 e. The van der Waals surface area contributed by atoms with Gasteiger partial charge in [0.1, 0.15) is 11.3 Å². The minimum Gasteiger partial charge on any atom is -0.323 e. The number of benzene rings is 1. The van der Waals surface area contributed by atoms with Crippen LogP contribution in [0.15, 0.2) is 62.9 Å². The molecule has 3 heterocycles. The van der Waals surface area contributed by atoms with Crippen LogP contribution in [0.2, 0.25) is 0 Å². The molecule has 7 heteroatoms. The maximum atomic E-state index is 13.9. The van der Waals surface area contributed by atoms with Gasteiger partial charge in [0, 0.05) is 31.8 Å². The monoisotopic (exact) mass is 532 g/mol. The topological polar surface area (TPSA) is 49.4 Å². The summed E-state index contributed by atoms with van der Waals surface area (Å²) in [4.78, 5) is 30.7. The van der Waals surface area contributed by atoms with E-state index in [0.717, 1.165) is 25.1 Å². The quantitative estimate of drug-likeness (QED) is 0.598. The molecule has 5 rings (SSSR count). The van der Waals surface area contributed by atoms with Crippen LogP contribution in [-0.4, -0.2) is 30.2 Å². The molecule has 0 radical (unpaired) electrons. The fraction of sp³-hybridized carbons (Fsp3) is 0.273. The number of hydrogen-bond acceptors (Lipinski definition) is 4. The van der Waals surface area contributed by atoms with Crippen LogP contribution in [-0.2, 0) is 15.1 Å². The standard InChI is InChI=1S/C22H18Br2N2O2S/c1-26-11-14(17-7-4-8-29-17)18(20(27)12-5-2-3-6-12)22(26)15-9-13(23)10-16(24)19(15)25-21(22)28/h2-10,12,14,18H,11H2,1H3,(H,25,28)/t14-,18+,22-/m0/s1. The molecule has 1 aliphatic carbocycles. The number of anilines is 1. The van der Waals surface area contributed by atoms with Gasteiger partial charge in [0.2, 0.25) is 5.91 Å². The number of thiophene rings is 1. The fourth-order valence-corrected chi connectivity index (χ4v) is 7.26. The first-order valence-electron chi connectivity index (χ1n) is 9.39. The zero-order chi connectivity index (χ0) is 20.3. The molecule has 148 valence electrons. The Labute approximate surface area is 189 Å². The number of nitrogens with zero attached hydrogens (tertiary/aromatic N) is 1. The van der Waals surface area contributed by atoms with Crippen LogP contribution in [0.1, 0.15) is 16.4 Å². The van der Waals surface area contributed by atoms with E-state index in [-0.39, 0.29) is 23.5 Å². The predicted molar refractivity (Wildman–Crippen MR) is 122 cm³/mol. The van der Waals surface area contributed by atoms with Gasteiger partial charge < -0.3 is 5.32 Å². The van der Waals surface area contributed by atoms with Crippen molar-refractivity contribution in [2.24, 2.45) is 11.8 Å². The molecule has 29 heavy (non-hydrogen) atoms. The molecular weight excluding hydrogens is 516 g/mol. The number of amides is 1. The number of carbonyl (C=O) groups excluding carboxylic acids is 2. The molecule has 1 spiro atoms. The van der Waals surface area contributed by atoms with Gasteiger partial charge in [-0.1, -0.05) is 46.3 Å². The SMILES string of the molecule is CN1C[C@@H](c2cccs2)[C@H](C(=O)C2C=CC=C2)[C@@]12C(=O)Nc1c(Br)cc(Br)cc12. The Balaban J connectivity index is 1.75. The summed E-state index contributed by atoms with van der Waals surface area (Å²) >= 11 is 8.81. The zero-order valence-electron chi connectivity index (χ0n) is 15.6. The molecule has 0 bridgehead atoms. The second-order valence-corrected chi connectivity index (χ2v) is 10.5. The minimum absolute atomic E-state index is 0.0376. The average molecular weight is 534 g/mol. The summed E-state index contributed by atoms with van der Waals surface area (Å²) < 4.78 is 1.69. The van der Waals surface area contributed by atoms with E-state index in [2.05, 4.69) is 48.1 Å². The van der Waals surface area contributed by atoms with Gasteiger partial charge in [-0.05, 0) is 46.6 Å². The van der Waals surface area contributed by atoms with Crippen molar-refractivity contribution >= 4 is 60.6 Å². The first kappa shape index (κ1) is 19.4. The third kappa shape index (κ3) is 2.71. The summed E-state index contributed by atoms with van der Waals surface area (Å²) in [5.74, 6) is -0.845. The number of halogens is 2. The number of likely N-dealkylation sites (N-methyl/N-ethyl adjacent to an activating group) is 1. The highest BCUT2D eigenvalue weighted by atomic mass is 79.9. The van der Waals surface area contributed by atoms with Crippen molar-refractivity contribution in [1.82, 2.24) is 4.90 Å². The highest BCUT2D eigenvalue weighted by Gasteiger charge is 2.65. The highest BCUT2D eigenvalue weighted by molar-refractivity contribution is 9.11. The van der Waals surface area contributed by atoms with Crippen LogP contribution in [0.5, 0.6) is 0 Å². The van der Waals surface area contributed by atoms with Gasteiger partial charge in [0.05, 0.1) is 17.5 Å². The summed E-state index contributed by atoms with van der Waals surface area (Å²) in [6, 6.07) is 7.99. The lowest BCUT2D eigenvalue weighted by Gasteiger charge is -2.36. The summed E-state index contributed by atoms with van der Waals surface area (Å²) in [5, 5.41) is 5.10. The van der Waals surface area contributed by atoms with Crippen molar-refractivity contribution in [3.8, 4) is 0 Å². The minimum atomic E-state index is -1.03. The molecule has 3 atom stereocenters. The second kappa shape index (κ2) is 7.01. The lowest BCUT2D eigenvalue weighted by atomic mass is 9.70. The van der Waals surface area contributed by atoms with Crippen LogP contribution in [0.3, 0.4) is 0 Å². The summed E-state index contributed by atoms with van der Waals surface area (Å²) in [5.41, 5.74) is 0.583. The molecule has 1 aromatic carbocycles. The van der Waals surface area contributed by atoms with Gasteiger partial charge in [0.25, 0.3) is 0 Å². The van der Waals surface area contributed by atoms with Crippen LogP contribution in [0.4, 0.5) is 5.69 Å². The molecule has 1 saturated heterocycles. The van der Waals surface area contributed by atoms with Crippen LogP contribution >= 0.6 is 43.2 Å². The molecule has 2 aliphatic heterocycles. The van der Waals surface area contributed by atoms with Gasteiger partial charge in [0.15, 0.2) is 0 Å². The number of Topliss-reactive ketones (excluding diaryl/α,β-unsaturated/α-hetero) is 1. The number of fused-ring (bicyclic) bond motifs is 2. The molecular formula is C22H18Br2N2O2S. The van der Waals surface area contributed by atoms with Gasteiger partial charge in [-0.3, -0.25) is 14.5 Å². The van der Waals surface area contributed by atoms with E-state index in [9.17, 15) is 9.59 Å². The van der Waals surface area contributed by atoms with Crippen molar-refractivity contribution in [3.63, 3.8) is 0 Å². The number of allylic oxidation sites excluding steroid dienone is 4. The normalized spacial score (nSPS) is 28.4. The lowest BCUT2D eigenvalue weighted by Crippen LogP contribution is -2.52. The maximum absolute atomic E-state index is 13.9. The third-order valence-electron chi connectivity index (χ3n) is 6.27. The molecule has 0 saturated carbocycles. The summed E-state index contributed by atoms with van der Waals surface area (Å²) in [6.07, 6.45) is 7.66. The first-order valence-corrected chi connectivity index (χ1v) is 11.9. The van der Waals surface area contributed by atoms with E-state index >= 15 is 0 Å². The Morgan fingerprint density at radius 3 is 2.72 bits per heavy atom. The molecule has 1 N–H and O–H groups in total. The number of likely N-dealkylation sites (tertiary alicyclic amines) is 1. The average Bonchev–Trinajstić information content (AvgIpc) is 3.45. The largest absolute Gasteiger partial charge is 0.323 e. The third-order valence-corrected chi connectivity index (χ3v) is 8.35. The van der Waals surface area contributed by atoms with E-state index in [1.54, 1.807) is 11.3 Å². The molecule has 3 aliphatic rings.